The molecule has 0 spiro atoms. The molecule has 1 N–H and O–H groups in total. The average molecular weight is 271 g/mol. The van der Waals surface area contributed by atoms with E-state index in [2.05, 4.69) is 5.32 Å². The Hall–Kier alpha value is -1.49. The molecule has 1 aromatic heterocycles. The van der Waals surface area contributed by atoms with Gasteiger partial charge in [0.2, 0.25) is 0 Å². The van der Waals surface area contributed by atoms with Crippen LogP contribution in [0, 0.1) is 17.5 Å². The van der Waals surface area contributed by atoms with E-state index in [1.165, 1.54) is 11.3 Å². The molecule has 18 heavy (non-hydrogen) atoms. The molecule has 0 aliphatic carbocycles. The summed E-state index contributed by atoms with van der Waals surface area (Å²) in [5.41, 5.74) is -0.281. The summed E-state index contributed by atoms with van der Waals surface area (Å²) in [4.78, 5) is 0.987. The number of hydrogen-bond acceptors (Lipinski definition) is 2. The monoisotopic (exact) mass is 271 g/mol. The van der Waals surface area contributed by atoms with Crippen LogP contribution in [0.5, 0.6) is 0 Å². The summed E-state index contributed by atoms with van der Waals surface area (Å²) in [6.07, 6.45) is 0.677. The summed E-state index contributed by atoms with van der Waals surface area (Å²) in [6.45, 7) is 1.91. The van der Waals surface area contributed by atoms with Crippen LogP contribution in [0.3, 0.4) is 0 Å². The highest BCUT2D eigenvalue weighted by Gasteiger charge is 2.16. The molecule has 0 bridgehead atoms. The first-order valence-corrected chi connectivity index (χ1v) is 6.44. The zero-order valence-electron chi connectivity index (χ0n) is 9.71. The van der Waals surface area contributed by atoms with Gasteiger partial charge >= 0.3 is 0 Å². The minimum absolute atomic E-state index is 0.181. The lowest BCUT2D eigenvalue weighted by Crippen LogP contribution is -2.11. The Kier molecular flexibility index (Phi) is 3.91. The van der Waals surface area contributed by atoms with Crippen LogP contribution in [0.1, 0.15) is 24.3 Å². The lowest BCUT2D eigenvalue weighted by atomic mass is 10.1. The van der Waals surface area contributed by atoms with E-state index in [1.807, 2.05) is 24.4 Å². The quantitative estimate of drug-likeness (QED) is 0.847. The Balaban J connectivity index is 2.28. The zero-order valence-corrected chi connectivity index (χ0v) is 10.5. The van der Waals surface area contributed by atoms with Crippen molar-refractivity contribution in [1.29, 1.82) is 0 Å². The fourth-order valence-electron chi connectivity index (χ4n) is 1.72. The zero-order chi connectivity index (χ0) is 13.1. The standard InChI is InChI=1S/C13H12F3NS/c1-2-11(12-4-3-5-18-12)17-13-9(15)6-8(14)7-10(13)16/h3-7,11,17H,2H2,1H3. The Morgan fingerprint density at radius 3 is 2.39 bits per heavy atom. The second-order valence-corrected chi connectivity index (χ2v) is 4.84. The van der Waals surface area contributed by atoms with Crippen molar-refractivity contribution in [3.63, 3.8) is 0 Å². The molecule has 0 radical (unpaired) electrons. The molecule has 1 heterocycles. The van der Waals surface area contributed by atoms with Crippen molar-refractivity contribution in [2.45, 2.75) is 19.4 Å². The van der Waals surface area contributed by atoms with Gasteiger partial charge in [-0.25, -0.2) is 13.2 Å². The third-order valence-electron chi connectivity index (χ3n) is 2.62. The SMILES string of the molecule is CCC(Nc1c(F)cc(F)cc1F)c1cccs1. The van der Waals surface area contributed by atoms with Crippen LogP contribution in [0.15, 0.2) is 29.6 Å². The fourth-order valence-corrected chi connectivity index (χ4v) is 2.58. The number of benzene rings is 1. The van der Waals surface area contributed by atoms with Crippen molar-refractivity contribution in [1.82, 2.24) is 0 Å². The lowest BCUT2D eigenvalue weighted by Gasteiger charge is -2.18. The molecule has 2 aromatic rings. The number of anilines is 1. The topological polar surface area (TPSA) is 12.0 Å². The first-order chi connectivity index (χ1) is 8.61. The first-order valence-electron chi connectivity index (χ1n) is 5.56. The average Bonchev–Trinajstić information content (AvgIpc) is 2.81. The van der Waals surface area contributed by atoms with Gasteiger partial charge in [0.1, 0.15) is 11.5 Å². The van der Waals surface area contributed by atoms with Gasteiger partial charge in [-0.3, -0.25) is 0 Å². The molecule has 1 nitrogen and oxygen atoms in total. The summed E-state index contributed by atoms with van der Waals surface area (Å²) in [7, 11) is 0. The Labute approximate surface area is 107 Å². The predicted molar refractivity (Wildman–Crippen MR) is 67.3 cm³/mol. The first kappa shape index (κ1) is 13.0. The third kappa shape index (κ3) is 2.67. The van der Waals surface area contributed by atoms with Crippen molar-refractivity contribution >= 4 is 17.0 Å². The summed E-state index contributed by atoms with van der Waals surface area (Å²) < 4.78 is 39.8. The highest BCUT2D eigenvalue weighted by atomic mass is 32.1. The van der Waals surface area contributed by atoms with Gasteiger partial charge in [0.05, 0.1) is 6.04 Å². The van der Waals surface area contributed by atoms with E-state index >= 15 is 0 Å². The van der Waals surface area contributed by atoms with Gasteiger partial charge in [0, 0.05) is 17.0 Å². The second kappa shape index (κ2) is 5.44. The number of hydrogen-bond donors (Lipinski definition) is 1. The van der Waals surface area contributed by atoms with Gasteiger partial charge in [0.15, 0.2) is 11.6 Å². The number of nitrogens with one attached hydrogen (secondary N) is 1. The van der Waals surface area contributed by atoms with Gasteiger partial charge < -0.3 is 5.32 Å². The maximum Gasteiger partial charge on any atom is 0.152 e. The number of halogens is 3. The van der Waals surface area contributed by atoms with Gasteiger partial charge in [-0.05, 0) is 17.9 Å². The van der Waals surface area contributed by atoms with Gasteiger partial charge in [-0.2, -0.15) is 0 Å². The van der Waals surface area contributed by atoms with Gasteiger partial charge in [-0.15, -0.1) is 11.3 Å². The van der Waals surface area contributed by atoms with Crippen LogP contribution < -0.4 is 5.32 Å². The Morgan fingerprint density at radius 2 is 1.89 bits per heavy atom. The molecule has 0 aliphatic heterocycles. The molecular formula is C13H12F3NS. The molecule has 0 saturated carbocycles. The predicted octanol–water partition coefficient (Wildman–Crippen LogP) is 4.73. The van der Waals surface area contributed by atoms with Crippen molar-refractivity contribution in [3.8, 4) is 0 Å². The van der Waals surface area contributed by atoms with E-state index in [9.17, 15) is 13.2 Å². The maximum atomic E-state index is 13.5. The summed E-state index contributed by atoms with van der Waals surface area (Å²) in [6, 6.07) is 4.94. The van der Waals surface area contributed by atoms with E-state index in [1.54, 1.807) is 0 Å². The maximum absolute atomic E-state index is 13.5. The lowest BCUT2D eigenvalue weighted by molar-refractivity contribution is 0.543. The molecule has 1 unspecified atom stereocenters. The number of thiophene rings is 1. The third-order valence-corrected chi connectivity index (χ3v) is 3.61. The van der Waals surface area contributed by atoms with Crippen LogP contribution >= 0.6 is 11.3 Å². The largest absolute Gasteiger partial charge is 0.373 e. The van der Waals surface area contributed by atoms with E-state index in [4.69, 9.17) is 0 Å². The highest BCUT2D eigenvalue weighted by molar-refractivity contribution is 7.10. The van der Waals surface area contributed by atoms with Crippen LogP contribution in [0.2, 0.25) is 0 Å². The second-order valence-electron chi connectivity index (χ2n) is 3.87. The van der Waals surface area contributed by atoms with Crippen molar-refractivity contribution < 1.29 is 13.2 Å². The summed E-state index contributed by atoms with van der Waals surface area (Å²) in [5, 5.41) is 4.69. The van der Waals surface area contributed by atoms with Crippen LogP contribution in [-0.2, 0) is 0 Å². The Morgan fingerprint density at radius 1 is 1.22 bits per heavy atom. The van der Waals surface area contributed by atoms with Crippen LogP contribution in [0.25, 0.3) is 0 Å². The van der Waals surface area contributed by atoms with E-state index in [0.717, 1.165) is 4.88 Å². The fraction of sp³-hybridized carbons (Fsp3) is 0.231. The minimum atomic E-state index is -0.917. The van der Waals surface area contributed by atoms with Crippen molar-refractivity contribution in [3.05, 3.63) is 52.0 Å². The molecule has 1 aromatic carbocycles. The molecule has 0 fully saturated rings. The smallest absolute Gasteiger partial charge is 0.152 e. The molecule has 96 valence electrons. The molecule has 5 heteroatoms. The molecule has 0 aliphatic rings. The Bertz CT molecular complexity index is 502. The van der Waals surface area contributed by atoms with Gasteiger partial charge in [-0.1, -0.05) is 13.0 Å². The van der Waals surface area contributed by atoms with Crippen LogP contribution in [-0.4, -0.2) is 0 Å². The van der Waals surface area contributed by atoms with E-state index < -0.39 is 17.5 Å². The van der Waals surface area contributed by atoms with Crippen LogP contribution in [0.4, 0.5) is 18.9 Å². The van der Waals surface area contributed by atoms with E-state index in [-0.39, 0.29) is 11.7 Å². The van der Waals surface area contributed by atoms with Gasteiger partial charge in [0.25, 0.3) is 0 Å². The normalized spacial score (nSPS) is 12.4. The van der Waals surface area contributed by atoms with Crippen molar-refractivity contribution in [2.24, 2.45) is 0 Å². The molecule has 0 amide bonds. The number of rotatable bonds is 4. The summed E-state index contributed by atoms with van der Waals surface area (Å²) >= 11 is 1.51. The molecule has 1 atom stereocenters. The molecule has 0 saturated heterocycles. The molecule has 2 rings (SSSR count). The summed E-state index contributed by atoms with van der Waals surface area (Å²) in [5.74, 6) is -2.75. The minimum Gasteiger partial charge on any atom is -0.373 e. The van der Waals surface area contributed by atoms with E-state index in [0.29, 0.717) is 18.6 Å². The molecular weight excluding hydrogens is 259 g/mol. The highest BCUT2D eigenvalue weighted by Crippen LogP contribution is 2.29. The van der Waals surface area contributed by atoms with Crippen molar-refractivity contribution in [2.75, 3.05) is 5.32 Å².